The van der Waals surface area contributed by atoms with E-state index in [9.17, 15) is 19.2 Å². The Bertz CT molecular complexity index is 2500. The molecule has 2 aromatic heterocycles. The monoisotopic (exact) mass is 881 g/mol. The number of piperidine rings is 1. The number of carbonyl (C=O) groups excluding carboxylic acids is 4. The van der Waals surface area contributed by atoms with Gasteiger partial charge in [0.25, 0.3) is 5.91 Å². The molecule has 0 bridgehead atoms. The number of fused-ring (bicyclic) bond motifs is 2. The fourth-order valence-corrected chi connectivity index (χ4v) is 10.3. The van der Waals surface area contributed by atoms with Gasteiger partial charge >= 0.3 is 0 Å². The van der Waals surface area contributed by atoms with Crippen molar-refractivity contribution in [2.75, 3.05) is 35.8 Å². The highest BCUT2D eigenvalue weighted by Crippen LogP contribution is 2.41. The van der Waals surface area contributed by atoms with Crippen molar-refractivity contribution < 1.29 is 23.9 Å². The van der Waals surface area contributed by atoms with E-state index in [1.54, 1.807) is 29.2 Å². The molecule has 16 heteroatoms. The van der Waals surface area contributed by atoms with E-state index in [0.717, 1.165) is 130 Å². The molecule has 1 saturated heterocycles. The number of ether oxygens (including phenoxy) is 1. The predicted molar refractivity (Wildman–Crippen MR) is 247 cm³/mol. The van der Waals surface area contributed by atoms with Crippen LogP contribution in [0.15, 0.2) is 48.8 Å². The van der Waals surface area contributed by atoms with Crippen LogP contribution in [0.4, 0.5) is 23.1 Å². The number of nitrogens with one attached hydrogen (secondary N) is 3. The Morgan fingerprint density at radius 1 is 0.938 bits per heavy atom. The summed E-state index contributed by atoms with van der Waals surface area (Å²) in [6.45, 7) is 3.41. The van der Waals surface area contributed by atoms with Crippen LogP contribution in [0.1, 0.15) is 131 Å². The number of anilines is 4. The van der Waals surface area contributed by atoms with Crippen molar-refractivity contribution in [2.45, 2.75) is 140 Å². The van der Waals surface area contributed by atoms with Gasteiger partial charge < -0.3 is 30.1 Å². The van der Waals surface area contributed by atoms with Crippen LogP contribution >= 0.6 is 0 Å². The molecular weight excluding hydrogens is 823 g/mol. The fraction of sp³-hybridized carbons (Fsp3) is 0.510. The van der Waals surface area contributed by atoms with Crippen molar-refractivity contribution in [1.29, 1.82) is 0 Å². The summed E-state index contributed by atoms with van der Waals surface area (Å²) in [6, 6.07) is 11.8. The SMILES string of the molecule is CC[C@@H]1C(=O)N(C)c2cnc(Nc3ccc(-c4cn(C5CCC(NCCCCCC#Cc6ccc7c(c6)CN(C6CCC(=O)NC6=O)C7=O)CC5)nn4)cc3OC)nc2N1C1CCCC1. The highest BCUT2D eigenvalue weighted by Gasteiger charge is 2.42. The minimum Gasteiger partial charge on any atom is -0.495 e. The van der Waals surface area contributed by atoms with E-state index in [0.29, 0.717) is 48.4 Å². The second-order valence-electron chi connectivity index (χ2n) is 18.0. The van der Waals surface area contributed by atoms with Crippen molar-refractivity contribution in [3.8, 4) is 28.8 Å². The third-order valence-electron chi connectivity index (χ3n) is 13.9. The molecule has 3 aliphatic heterocycles. The van der Waals surface area contributed by atoms with Gasteiger partial charge in [0.1, 0.15) is 29.2 Å². The second kappa shape index (κ2) is 19.4. The molecule has 5 heterocycles. The number of nitrogens with zero attached hydrogens (tertiary/aromatic N) is 8. The summed E-state index contributed by atoms with van der Waals surface area (Å²) < 4.78 is 7.86. The van der Waals surface area contributed by atoms with Gasteiger partial charge in [0.2, 0.25) is 23.7 Å². The first kappa shape index (κ1) is 43.9. The van der Waals surface area contributed by atoms with Crippen LogP contribution in [-0.2, 0) is 20.9 Å². The normalized spacial score (nSPS) is 22.1. The second-order valence-corrected chi connectivity index (χ2v) is 18.0. The predicted octanol–water partition coefficient (Wildman–Crippen LogP) is 6.44. The van der Waals surface area contributed by atoms with E-state index in [1.807, 2.05) is 48.3 Å². The molecule has 2 aliphatic carbocycles. The third kappa shape index (κ3) is 9.29. The number of methoxy groups -OCH3 is 1. The summed E-state index contributed by atoms with van der Waals surface area (Å²) in [6.07, 6.45) is 17.8. The zero-order chi connectivity index (χ0) is 45.0. The Morgan fingerprint density at radius 2 is 1.77 bits per heavy atom. The number of hydrogen-bond donors (Lipinski definition) is 3. The molecule has 0 spiro atoms. The lowest BCUT2D eigenvalue weighted by Crippen LogP contribution is -2.55. The number of rotatable bonds is 14. The Kier molecular flexibility index (Phi) is 13.1. The molecule has 2 saturated carbocycles. The van der Waals surface area contributed by atoms with Gasteiger partial charge in [-0.15, -0.1) is 5.10 Å². The van der Waals surface area contributed by atoms with Crippen molar-refractivity contribution in [2.24, 2.45) is 0 Å². The molecule has 16 nitrogen and oxygen atoms in total. The van der Waals surface area contributed by atoms with Gasteiger partial charge in [-0.1, -0.05) is 49.3 Å². The average molecular weight is 882 g/mol. The van der Waals surface area contributed by atoms with E-state index >= 15 is 0 Å². The molecule has 3 fully saturated rings. The first-order chi connectivity index (χ1) is 31.7. The van der Waals surface area contributed by atoms with Crippen LogP contribution in [0.5, 0.6) is 5.75 Å². The average Bonchev–Trinajstić information content (AvgIpc) is 4.11. The van der Waals surface area contributed by atoms with E-state index in [-0.39, 0.29) is 30.2 Å². The summed E-state index contributed by atoms with van der Waals surface area (Å²) in [5.74, 6) is 7.67. The molecule has 2 aromatic carbocycles. The summed E-state index contributed by atoms with van der Waals surface area (Å²) in [7, 11) is 3.46. The van der Waals surface area contributed by atoms with Gasteiger partial charge in [-0.25, -0.2) is 9.67 Å². The maximum Gasteiger partial charge on any atom is 0.255 e. The lowest BCUT2D eigenvalue weighted by atomic mass is 9.91. The molecule has 1 unspecified atom stereocenters. The minimum absolute atomic E-state index is 0.0920. The fourth-order valence-electron chi connectivity index (χ4n) is 10.3. The molecule has 65 heavy (non-hydrogen) atoms. The smallest absolute Gasteiger partial charge is 0.255 e. The van der Waals surface area contributed by atoms with Crippen LogP contribution in [0.2, 0.25) is 0 Å². The molecule has 9 rings (SSSR count). The molecule has 340 valence electrons. The standard InChI is InChI=1S/C49H59N11O5/c1-4-40-48(64)57(2)42-28-51-49(54-45(42)60(40)36-13-9-10-14-36)52-38-22-16-32(27-43(38)65-3)39-30-59(56-55-39)35-19-17-34(18-20-35)50-25-11-7-5-6-8-12-31-15-21-37-33(26-31)29-58(47(37)63)41-23-24-44(61)53-46(41)62/h15-16,21-22,26-28,30,34-36,40-41,50H,4-7,9-11,13-14,17-20,23-25,29H2,1-3H3,(H,51,52,54)(H,53,61,62)/t34?,35?,40-,41?/m1/s1. The van der Waals surface area contributed by atoms with Crippen molar-refractivity contribution in [3.05, 3.63) is 65.5 Å². The van der Waals surface area contributed by atoms with Crippen LogP contribution in [0, 0.1) is 11.8 Å². The zero-order valence-corrected chi connectivity index (χ0v) is 37.6. The summed E-state index contributed by atoms with van der Waals surface area (Å²) >= 11 is 0. The Hall–Kier alpha value is -6.34. The van der Waals surface area contributed by atoms with Crippen molar-refractivity contribution >= 4 is 46.8 Å². The number of amides is 4. The maximum atomic E-state index is 13.3. The minimum atomic E-state index is -0.613. The van der Waals surface area contributed by atoms with Gasteiger partial charge in [0, 0.05) is 55.2 Å². The van der Waals surface area contributed by atoms with Crippen molar-refractivity contribution in [3.63, 3.8) is 0 Å². The number of hydrogen-bond acceptors (Lipinski definition) is 12. The molecular formula is C49H59N11O5. The van der Waals surface area contributed by atoms with E-state index in [4.69, 9.17) is 9.72 Å². The van der Waals surface area contributed by atoms with Gasteiger partial charge in [0.15, 0.2) is 5.82 Å². The number of benzene rings is 2. The number of imide groups is 1. The Morgan fingerprint density at radius 3 is 2.55 bits per heavy atom. The van der Waals surface area contributed by atoms with Gasteiger partial charge in [-0.05, 0) is 107 Å². The molecule has 5 aliphatic rings. The van der Waals surface area contributed by atoms with Gasteiger partial charge in [-0.3, -0.25) is 24.5 Å². The summed E-state index contributed by atoms with van der Waals surface area (Å²) in [5, 5.41) is 18.6. The van der Waals surface area contributed by atoms with Crippen LogP contribution in [-0.4, -0.2) is 98.4 Å². The number of aromatic nitrogens is 5. The maximum absolute atomic E-state index is 13.3. The Balaban J connectivity index is 0.713. The highest BCUT2D eigenvalue weighted by atomic mass is 16.5. The summed E-state index contributed by atoms with van der Waals surface area (Å²) in [4.78, 5) is 65.3. The first-order valence-corrected chi connectivity index (χ1v) is 23.5. The topological polar surface area (TPSA) is 180 Å². The number of carbonyl (C=O) groups is 4. The first-order valence-electron chi connectivity index (χ1n) is 23.5. The molecule has 3 N–H and O–H groups in total. The summed E-state index contributed by atoms with van der Waals surface area (Å²) in [5.41, 5.74) is 5.51. The molecule has 0 radical (unpaired) electrons. The largest absolute Gasteiger partial charge is 0.495 e. The third-order valence-corrected chi connectivity index (χ3v) is 13.9. The van der Waals surface area contributed by atoms with Gasteiger partial charge in [0.05, 0.1) is 31.2 Å². The Labute approximate surface area is 380 Å². The highest BCUT2D eigenvalue weighted by molar-refractivity contribution is 6.06. The van der Waals surface area contributed by atoms with Crippen LogP contribution < -0.4 is 30.5 Å². The zero-order valence-electron chi connectivity index (χ0n) is 37.6. The van der Waals surface area contributed by atoms with Crippen LogP contribution in [0.25, 0.3) is 11.3 Å². The van der Waals surface area contributed by atoms with E-state index in [1.165, 1.54) is 0 Å². The lowest BCUT2D eigenvalue weighted by Gasteiger charge is -2.43. The molecule has 2 atom stereocenters. The molecule has 4 aromatic rings. The quantitative estimate of drug-likeness (QED) is 0.0719. The lowest BCUT2D eigenvalue weighted by molar-refractivity contribution is -0.137. The van der Waals surface area contributed by atoms with E-state index < -0.39 is 11.9 Å². The number of unbranched alkanes of at least 4 members (excludes halogenated alkanes) is 3. The van der Waals surface area contributed by atoms with Crippen LogP contribution in [0.3, 0.4) is 0 Å². The molecule has 4 amide bonds. The van der Waals surface area contributed by atoms with Crippen molar-refractivity contribution in [1.82, 2.24) is 40.5 Å². The van der Waals surface area contributed by atoms with Gasteiger partial charge in [-0.2, -0.15) is 4.98 Å². The van der Waals surface area contributed by atoms with E-state index in [2.05, 4.69) is 54.9 Å². The number of likely N-dealkylation sites (N-methyl/N-ethyl adjacent to an activating group) is 1.